The van der Waals surface area contributed by atoms with Gasteiger partial charge in [-0.05, 0) is 25.0 Å². The molecule has 6 nitrogen and oxygen atoms in total. The molecule has 0 radical (unpaired) electrons. The van der Waals surface area contributed by atoms with Crippen molar-refractivity contribution in [2.75, 3.05) is 13.2 Å². The summed E-state index contributed by atoms with van der Waals surface area (Å²) in [4.78, 5) is 24.9. The molecule has 0 amide bonds. The van der Waals surface area contributed by atoms with Crippen LogP contribution in [0.5, 0.6) is 0 Å². The zero-order chi connectivity index (χ0) is 37.9. The molecule has 0 aromatic carbocycles. The smallest absolute Gasteiger partial charge is 0.443 e. The van der Waals surface area contributed by atoms with E-state index < -0.39 is 33.1 Å². The Morgan fingerprint density at radius 2 is 0.642 bits per heavy atom. The molecule has 0 unspecified atom stereocenters. The highest BCUT2D eigenvalue weighted by atomic mass is 127. The Bertz CT molecular complexity index is 1040. The molecule has 0 saturated carbocycles. The molecule has 0 bridgehead atoms. The number of hydrogen-bond donors (Lipinski definition) is 0. The SMILES string of the molecule is CCCCCCCCCCCCCCCCCCOC(=O)c1ccc([I+]c2ccc(C(=O)OCCCCCCCCCCCCCCCCCC)o2)o1. The van der Waals surface area contributed by atoms with Crippen molar-refractivity contribution < 1.29 is 49.1 Å². The highest BCUT2D eigenvalue weighted by molar-refractivity contribution is 5.86. The quantitative estimate of drug-likeness (QED) is 0.0380. The van der Waals surface area contributed by atoms with Gasteiger partial charge >= 0.3 is 40.7 Å². The van der Waals surface area contributed by atoms with Gasteiger partial charge < -0.3 is 18.3 Å². The minimum absolute atomic E-state index is 0.223. The topological polar surface area (TPSA) is 78.9 Å². The van der Waals surface area contributed by atoms with Crippen LogP contribution in [0.15, 0.2) is 33.1 Å². The monoisotopic (exact) mass is 853 g/mol. The summed E-state index contributed by atoms with van der Waals surface area (Å²) in [7, 11) is 0. The van der Waals surface area contributed by atoms with Crippen LogP contribution in [-0.2, 0) is 9.47 Å². The number of rotatable bonds is 38. The Morgan fingerprint density at radius 1 is 0.396 bits per heavy atom. The second-order valence-electron chi connectivity index (χ2n) is 15.2. The van der Waals surface area contributed by atoms with Crippen LogP contribution in [0.25, 0.3) is 0 Å². The maximum atomic E-state index is 12.5. The van der Waals surface area contributed by atoms with Crippen LogP contribution in [0, 0.1) is 7.53 Å². The Kier molecular flexibility index (Phi) is 31.0. The summed E-state index contributed by atoms with van der Waals surface area (Å²) >= 11 is -0.803. The highest BCUT2D eigenvalue weighted by Crippen LogP contribution is 2.16. The number of ether oxygens (including phenoxy) is 2. The second kappa shape index (κ2) is 34.7. The third kappa shape index (κ3) is 26.6. The normalized spacial score (nSPS) is 11.4. The summed E-state index contributed by atoms with van der Waals surface area (Å²) in [5.41, 5.74) is 0. The summed E-state index contributed by atoms with van der Waals surface area (Å²) in [6.45, 7) is 5.40. The summed E-state index contributed by atoms with van der Waals surface area (Å²) in [5.74, 6) is -0.389. The Morgan fingerprint density at radius 3 is 0.906 bits per heavy atom. The molecular weight excluding hydrogens is 775 g/mol. The molecule has 7 heteroatoms. The van der Waals surface area contributed by atoms with Gasteiger partial charge in [0.1, 0.15) is 0 Å². The minimum atomic E-state index is -0.803. The van der Waals surface area contributed by atoms with Crippen molar-refractivity contribution in [1.29, 1.82) is 0 Å². The number of esters is 2. The van der Waals surface area contributed by atoms with Gasteiger partial charge in [0.2, 0.25) is 11.5 Å². The maximum Gasteiger partial charge on any atom is 0.443 e. The molecule has 2 heterocycles. The van der Waals surface area contributed by atoms with Crippen LogP contribution in [0.4, 0.5) is 0 Å². The Labute approximate surface area is 335 Å². The van der Waals surface area contributed by atoms with E-state index in [0.29, 0.717) is 20.7 Å². The van der Waals surface area contributed by atoms with Gasteiger partial charge in [-0.15, -0.1) is 0 Å². The van der Waals surface area contributed by atoms with Gasteiger partial charge in [-0.3, -0.25) is 0 Å². The first kappa shape index (κ1) is 47.4. The highest BCUT2D eigenvalue weighted by Gasteiger charge is 2.28. The van der Waals surface area contributed by atoms with Crippen molar-refractivity contribution in [3.8, 4) is 0 Å². The first-order valence-electron chi connectivity index (χ1n) is 22.3. The third-order valence-electron chi connectivity index (χ3n) is 10.2. The van der Waals surface area contributed by atoms with Gasteiger partial charge in [-0.2, -0.15) is 0 Å². The van der Waals surface area contributed by atoms with Crippen molar-refractivity contribution in [3.63, 3.8) is 0 Å². The number of unbranched alkanes of at least 4 members (excludes halogenated alkanes) is 30. The van der Waals surface area contributed by atoms with Crippen LogP contribution in [0.2, 0.25) is 0 Å². The molecule has 0 saturated heterocycles. The molecule has 0 aliphatic rings. The molecule has 0 spiro atoms. The van der Waals surface area contributed by atoms with Crippen molar-refractivity contribution in [1.82, 2.24) is 0 Å². The van der Waals surface area contributed by atoms with E-state index in [1.807, 2.05) is 0 Å². The van der Waals surface area contributed by atoms with E-state index in [9.17, 15) is 9.59 Å². The number of halogens is 1. The van der Waals surface area contributed by atoms with Gasteiger partial charge in [0.15, 0.2) is 0 Å². The molecule has 53 heavy (non-hydrogen) atoms. The maximum absolute atomic E-state index is 12.5. The molecule has 2 aromatic rings. The van der Waals surface area contributed by atoms with E-state index in [-0.39, 0.29) is 11.5 Å². The standard InChI is InChI=1S/C46H78IO6/c1-3-5-7-9-11-13-15-17-19-21-23-25-27-29-31-33-39-50-45(48)41-35-37-43(52-41)47-44-38-36-42(53-44)46(49)51-40-34-32-30-28-26-24-22-20-18-16-14-12-10-8-6-4-2/h35-38H,3-34,39-40H2,1-2H3/q+1. The number of furan rings is 2. The minimum Gasteiger partial charge on any atom is -0.460 e. The molecular formula is C46H78IO6+. The lowest BCUT2D eigenvalue weighted by atomic mass is 10.0. The molecule has 0 aliphatic heterocycles. The van der Waals surface area contributed by atoms with E-state index in [4.69, 9.17) is 18.3 Å². The summed E-state index contributed by atoms with van der Waals surface area (Å²) in [6, 6.07) is 6.94. The van der Waals surface area contributed by atoms with E-state index in [2.05, 4.69) is 13.8 Å². The molecule has 0 fully saturated rings. The molecule has 0 atom stereocenters. The van der Waals surface area contributed by atoms with Crippen LogP contribution in [0.3, 0.4) is 0 Å². The zero-order valence-electron chi connectivity index (χ0n) is 34.2. The first-order valence-corrected chi connectivity index (χ1v) is 24.5. The van der Waals surface area contributed by atoms with Gasteiger partial charge in [0, 0.05) is 12.1 Å². The number of carbonyl (C=O) groups excluding carboxylic acids is 2. The fourth-order valence-electron chi connectivity index (χ4n) is 6.81. The van der Waals surface area contributed by atoms with Crippen molar-refractivity contribution >= 4 is 11.9 Å². The zero-order valence-corrected chi connectivity index (χ0v) is 36.3. The molecule has 0 N–H and O–H groups in total. The van der Waals surface area contributed by atoms with Crippen molar-refractivity contribution in [3.05, 3.63) is 43.3 Å². The van der Waals surface area contributed by atoms with Crippen LogP contribution < -0.4 is 21.2 Å². The van der Waals surface area contributed by atoms with Gasteiger partial charge in [0.25, 0.3) is 0 Å². The molecule has 304 valence electrons. The van der Waals surface area contributed by atoms with Gasteiger partial charge in [0.05, 0.1) is 13.2 Å². The largest absolute Gasteiger partial charge is 0.460 e. The van der Waals surface area contributed by atoms with Crippen LogP contribution in [-0.4, -0.2) is 25.2 Å². The lowest BCUT2D eigenvalue weighted by molar-refractivity contribution is -0.636. The predicted octanol–water partition coefficient (Wildman–Crippen LogP) is 11.8. The Balaban J connectivity index is 1.41. The summed E-state index contributed by atoms with van der Waals surface area (Å²) in [6.07, 6.45) is 42.1. The van der Waals surface area contributed by atoms with Crippen molar-refractivity contribution in [2.45, 2.75) is 219 Å². The van der Waals surface area contributed by atoms with E-state index in [0.717, 1.165) is 25.7 Å². The number of carbonyl (C=O) groups is 2. The van der Waals surface area contributed by atoms with Crippen molar-refractivity contribution in [2.24, 2.45) is 0 Å². The summed E-state index contributed by atoms with van der Waals surface area (Å²) in [5, 5.41) is 0. The summed E-state index contributed by atoms with van der Waals surface area (Å²) < 4.78 is 23.8. The van der Waals surface area contributed by atoms with Gasteiger partial charge in [-0.1, -0.05) is 206 Å². The molecule has 2 rings (SSSR count). The van der Waals surface area contributed by atoms with E-state index >= 15 is 0 Å². The lowest BCUT2D eigenvalue weighted by Gasteiger charge is -2.04. The Hall–Kier alpha value is -1.77. The molecule has 0 aliphatic carbocycles. The van der Waals surface area contributed by atoms with Gasteiger partial charge in [-0.25, -0.2) is 9.59 Å². The fraction of sp³-hybridized carbons (Fsp3) is 0.783. The van der Waals surface area contributed by atoms with E-state index in [1.165, 1.54) is 180 Å². The van der Waals surface area contributed by atoms with E-state index in [1.54, 1.807) is 24.3 Å². The third-order valence-corrected chi connectivity index (χ3v) is 12.4. The average molecular weight is 854 g/mol. The first-order chi connectivity index (χ1) is 26.1. The second-order valence-corrected chi connectivity index (χ2v) is 17.8. The van der Waals surface area contributed by atoms with Crippen LogP contribution in [0.1, 0.15) is 240 Å². The fourth-order valence-corrected chi connectivity index (χ4v) is 8.75. The number of hydrogen-bond acceptors (Lipinski definition) is 6. The van der Waals surface area contributed by atoms with Crippen LogP contribution >= 0.6 is 0 Å². The predicted molar refractivity (Wildman–Crippen MR) is 214 cm³/mol. The molecule has 2 aromatic heterocycles. The average Bonchev–Trinajstić information content (AvgIpc) is 3.84. The lowest BCUT2D eigenvalue weighted by Crippen LogP contribution is -3.61.